The summed E-state index contributed by atoms with van der Waals surface area (Å²) < 4.78 is 0. The minimum absolute atomic E-state index is 0.774. The SMILES string of the molecule is [c]1nc2c(-c3ccccc3)ccnc2[nH]1. The van der Waals surface area contributed by atoms with Crippen molar-refractivity contribution in [1.29, 1.82) is 0 Å². The summed E-state index contributed by atoms with van der Waals surface area (Å²) in [5.74, 6) is 0. The van der Waals surface area contributed by atoms with Gasteiger partial charge in [0.05, 0.1) is 0 Å². The van der Waals surface area contributed by atoms with E-state index < -0.39 is 0 Å². The fourth-order valence-electron chi connectivity index (χ4n) is 1.65. The molecule has 0 amide bonds. The number of aromatic nitrogens is 3. The van der Waals surface area contributed by atoms with Crippen molar-refractivity contribution in [1.82, 2.24) is 15.0 Å². The number of hydrogen-bond donors (Lipinski definition) is 1. The highest BCUT2D eigenvalue weighted by atomic mass is 14.9. The van der Waals surface area contributed by atoms with Gasteiger partial charge >= 0.3 is 0 Å². The fraction of sp³-hybridized carbons (Fsp3) is 0. The van der Waals surface area contributed by atoms with Gasteiger partial charge in [0.15, 0.2) is 12.0 Å². The average Bonchev–Trinajstić information content (AvgIpc) is 2.78. The van der Waals surface area contributed by atoms with Gasteiger partial charge in [0.1, 0.15) is 5.52 Å². The van der Waals surface area contributed by atoms with Crippen LogP contribution in [0.5, 0.6) is 0 Å². The fourth-order valence-corrected chi connectivity index (χ4v) is 1.65. The standard InChI is InChI=1S/C12H8N3/c1-2-4-9(5-3-1)10-6-7-13-12-11(10)14-8-15-12/h1-7H,(H,13,14,15). The van der Waals surface area contributed by atoms with Crippen molar-refractivity contribution >= 4 is 11.2 Å². The molecule has 3 aromatic rings. The average molecular weight is 194 g/mol. The van der Waals surface area contributed by atoms with Gasteiger partial charge in [-0.25, -0.2) is 9.97 Å². The van der Waals surface area contributed by atoms with Crippen LogP contribution in [0.4, 0.5) is 0 Å². The quantitative estimate of drug-likeness (QED) is 0.646. The zero-order valence-electron chi connectivity index (χ0n) is 7.94. The summed E-state index contributed by atoms with van der Waals surface area (Å²) in [7, 11) is 0. The molecule has 0 aliphatic rings. The lowest BCUT2D eigenvalue weighted by Gasteiger charge is -2.00. The number of H-pyrrole nitrogens is 1. The Balaban J connectivity index is 2.31. The van der Waals surface area contributed by atoms with E-state index in [1.807, 2.05) is 24.3 Å². The van der Waals surface area contributed by atoms with Crippen molar-refractivity contribution in [2.24, 2.45) is 0 Å². The summed E-state index contributed by atoms with van der Waals surface area (Å²) in [6, 6.07) is 12.1. The van der Waals surface area contributed by atoms with E-state index in [4.69, 9.17) is 0 Å². The maximum Gasteiger partial charge on any atom is 0.175 e. The largest absolute Gasteiger partial charge is 0.320 e. The Kier molecular flexibility index (Phi) is 1.75. The van der Waals surface area contributed by atoms with Gasteiger partial charge in [-0.2, -0.15) is 0 Å². The Morgan fingerprint density at radius 3 is 2.80 bits per heavy atom. The Morgan fingerprint density at radius 1 is 1.07 bits per heavy atom. The molecule has 3 heteroatoms. The summed E-state index contributed by atoms with van der Waals surface area (Å²) in [5.41, 5.74) is 3.86. The molecule has 1 radical (unpaired) electrons. The van der Waals surface area contributed by atoms with Gasteiger partial charge in [-0.1, -0.05) is 30.3 Å². The molecule has 2 heterocycles. The molecule has 0 fully saturated rings. The Labute approximate surface area is 86.8 Å². The highest BCUT2D eigenvalue weighted by Crippen LogP contribution is 2.24. The predicted molar refractivity (Wildman–Crippen MR) is 58.2 cm³/mol. The van der Waals surface area contributed by atoms with Crippen molar-refractivity contribution in [3.63, 3.8) is 0 Å². The lowest BCUT2D eigenvalue weighted by atomic mass is 10.1. The number of fused-ring (bicyclic) bond motifs is 1. The predicted octanol–water partition coefficient (Wildman–Crippen LogP) is 2.43. The van der Waals surface area contributed by atoms with E-state index in [9.17, 15) is 0 Å². The number of benzene rings is 1. The molecule has 0 atom stereocenters. The van der Waals surface area contributed by atoms with Crippen molar-refractivity contribution in [3.8, 4) is 11.1 Å². The van der Waals surface area contributed by atoms with Gasteiger partial charge in [0.25, 0.3) is 0 Å². The summed E-state index contributed by atoms with van der Waals surface area (Å²) in [5, 5.41) is 0. The summed E-state index contributed by atoms with van der Waals surface area (Å²) >= 11 is 0. The maximum absolute atomic E-state index is 4.18. The Morgan fingerprint density at radius 2 is 1.93 bits per heavy atom. The minimum Gasteiger partial charge on any atom is -0.320 e. The summed E-state index contributed by atoms with van der Waals surface area (Å²) in [6.45, 7) is 0. The molecular weight excluding hydrogens is 186 g/mol. The van der Waals surface area contributed by atoms with Crippen molar-refractivity contribution < 1.29 is 0 Å². The van der Waals surface area contributed by atoms with Gasteiger partial charge < -0.3 is 4.98 Å². The molecule has 1 N–H and O–H groups in total. The first kappa shape index (κ1) is 8.17. The zero-order valence-corrected chi connectivity index (χ0v) is 7.94. The molecule has 1 aromatic carbocycles. The van der Waals surface area contributed by atoms with Crippen molar-refractivity contribution in [2.45, 2.75) is 0 Å². The van der Waals surface area contributed by atoms with E-state index in [1.54, 1.807) is 6.20 Å². The molecule has 0 aliphatic heterocycles. The number of aromatic amines is 1. The van der Waals surface area contributed by atoms with Gasteiger partial charge in [-0.05, 0) is 11.6 Å². The van der Waals surface area contributed by atoms with E-state index in [0.29, 0.717) is 0 Å². The molecule has 2 aromatic heterocycles. The smallest absolute Gasteiger partial charge is 0.175 e. The van der Waals surface area contributed by atoms with Crippen LogP contribution in [0.2, 0.25) is 0 Å². The first-order valence-corrected chi connectivity index (χ1v) is 4.71. The monoisotopic (exact) mass is 194 g/mol. The normalized spacial score (nSPS) is 10.7. The van der Waals surface area contributed by atoms with E-state index in [2.05, 4.69) is 33.4 Å². The lowest BCUT2D eigenvalue weighted by Crippen LogP contribution is -1.82. The van der Waals surface area contributed by atoms with Crippen LogP contribution in [0.25, 0.3) is 22.3 Å². The van der Waals surface area contributed by atoms with Crippen LogP contribution in [0.3, 0.4) is 0 Å². The molecule has 15 heavy (non-hydrogen) atoms. The van der Waals surface area contributed by atoms with E-state index in [1.165, 1.54) is 0 Å². The second-order valence-corrected chi connectivity index (χ2v) is 3.27. The van der Waals surface area contributed by atoms with Crippen molar-refractivity contribution in [3.05, 3.63) is 48.9 Å². The third-order valence-corrected chi connectivity index (χ3v) is 2.35. The second kappa shape index (κ2) is 3.20. The van der Waals surface area contributed by atoms with Gasteiger partial charge in [0.2, 0.25) is 0 Å². The number of hydrogen-bond acceptors (Lipinski definition) is 2. The van der Waals surface area contributed by atoms with Crippen LogP contribution >= 0.6 is 0 Å². The Bertz CT molecular complexity index is 584. The molecule has 0 aliphatic carbocycles. The Hall–Kier alpha value is -2.16. The lowest BCUT2D eigenvalue weighted by molar-refractivity contribution is 1.29. The maximum atomic E-state index is 4.18. The van der Waals surface area contributed by atoms with Gasteiger partial charge in [0, 0.05) is 11.8 Å². The number of nitrogens with one attached hydrogen (secondary N) is 1. The van der Waals surface area contributed by atoms with E-state index in [0.717, 1.165) is 22.3 Å². The molecule has 0 spiro atoms. The zero-order chi connectivity index (χ0) is 10.1. The molecule has 0 saturated carbocycles. The first-order chi connectivity index (χ1) is 7.45. The summed E-state index contributed by atoms with van der Waals surface area (Å²) in [4.78, 5) is 11.2. The number of imidazole rings is 1. The molecule has 71 valence electrons. The molecule has 0 unspecified atom stereocenters. The third kappa shape index (κ3) is 1.29. The van der Waals surface area contributed by atoms with Gasteiger partial charge in [-0.15, -0.1) is 0 Å². The summed E-state index contributed by atoms with van der Waals surface area (Å²) in [6.07, 6.45) is 4.48. The van der Waals surface area contributed by atoms with Crippen LogP contribution in [0.1, 0.15) is 0 Å². The highest BCUT2D eigenvalue weighted by Gasteiger charge is 2.05. The molecule has 3 nitrogen and oxygen atoms in total. The topological polar surface area (TPSA) is 41.6 Å². The van der Waals surface area contributed by atoms with Crippen LogP contribution in [-0.4, -0.2) is 15.0 Å². The number of nitrogens with zero attached hydrogens (tertiary/aromatic N) is 2. The minimum atomic E-state index is 0.774. The highest BCUT2D eigenvalue weighted by molar-refractivity contribution is 5.89. The molecule has 0 saturated heterocycles. The third-order valence-electron chi connectivity index (χ3n) is 2.35. The molecule has 0 bridgehead atoms. The molecule has 3 rings (SSSR count). The number of rotatable bonds is 1. The van der Waals surface area contributed by atoms with Gasteiger partial charge in [-0.3, -0.25) is 0 Å². The molecular formula is C12H8N3. The van der Waals surface area contributed by atoms with Crippen LogP contribution in [0, 0.1) is 6.33 Å². The van der Waals surface area contributed by atoms with Crippen LogP contribution in [-0.2, 0) is 0 Å². The van der Waals surface area contributed by atoms with E-state index in [-0.39, 0.29) is 0 Å². The van der Waals surface area contributed by atoms with Crippen LogP contribution < -0.4 is 0 Å². The van der Waals surface area contributed by atoms with Crippen molar-refractivity contribution in [2.75, 3.05) is 0 Å². The first-order valence-electron chi connectivity index (χ1n) is 4.71. The van der Waals surface area contributed by atoms with E-state index >= 15 is 0 Å². The second-order valence-electron chi connectivity index (χ2n) is 3.27. The van der Waals surface area contributed by atoms with Crippen LogP contribution in [0.15, 0.2) is 42.6 Å². The number of pyridine rings is 1.